The summed E-state index contributed by atoms with van der Waals surface area (Å²) in [7, 11) is 0. The van der Waals surface area contributed by atoms with E-state index in [1.165, 1.54) is 0 Å². The Hall–Kier alpha value is -1.36. The molecule has 5 nitrogen and oxygen atoms in total. The van der Waals surface area contributed by atoms with Crippen molar-refractivity contribution in [3.63, 3.8) is 0 Å². The highest BCUT2D eigenvalue weighted by molar-refractivity contribution is 5.38. The first-order chi connectivity index (χ1) is 8.31. The van der Waals surface area contributed by atoms with Crippen LogP contribution in [-0.2, 0) is 11.2 Å². The van der Waals surface area contributed by atoms with E-state index in [9.17, 15) is 0 Å². The molecule has 0 spiro atoms. The normalized spacial score (nSPS) is 15.4. The van der Waals surface area contributed by atoms with Gasteiger partial charge in [0.25, 0.3) is 0 Å². The second-order valence-corrected chi connectivity index (χ2v) is 4.07. The van der Waals surface area contributed by atoms with E-state index in [0.29, 0.717) is 19.1 Å². The number of hydrogen-bond acceptors (Lipinski definition) is 5. The highest BCUT2D eigenvalue weighted by atomic mass is 16.6. The number of aryl methyl sites for hydroxylation is 1. The summed E-state index contributed by atoms with van der Waals surface area (Å²) < 4.78 is 10.8. The Morgan fingerprint density at radius 2 is 2.24 bits per heavy atom. The molecular weight excluding hydrogens is 218 g/mol. The summed E-state index contributed by atoms with van der Waals surface area (Å²) in [6, 6.07) is 1.85. The molecule has 0 aromatic carbocycles. The van der Waals surface area contributed by atoms with Gasteiger partial charge in [-0.2, -0.15) is 4.98 Å². The number of rotatable bonds is 6. The van der Waals surface area contributed by atoms with Crippen LogP contribution in [0.5, 0.6) is 5.88 Å². The van der Waals surface area contributed by atoms with E-state index in [2.05, 4.69) is 22.2 Å². The van der Waals surface area contributed by atoms with Crippen LogP contribution in [0.2, 0.25) is 0 Å². The summed E-state index contributed by atoms with van der Waals surface area (Å²) in [6.45, 7) is 6.31. The van der Waals surface area contributed by atoms with E-state index in [1.807, 2.05) is 13.0 Å². The molecule has 1 saturated heterocycles. The van der Waals surface area contributed by atoms with Crippen molar-refractivity contribution in [1.29, 1.82) is 0 Å². The number of aromatic nitrogens is 2. The van der Waals surface area contributed by atoms with Crippen molar-refractivity contribution in [3.8, 4) is 5.88 Å². The van der Waals surface area contributed by atoms with Gasteiger partial charge in [-0.1, -0.05) is 6.92 Å². The van der Waals surface area contributed by atoms with E-state index < -0.39 is 0 Å². The highest BCUT2D eigenvalue weighted by Gasteiger charge is 2.21. The van der Waals surface area contributed by atoms with Gasteiger partial charge in [0.05, 0.1) is 13.2 Å². The van der Waals surface area contributed by atoms with Crippen molar-refractivity contribution in [2.45, 2.75) is 32.8 Å². The fraction of sp³-hybridized carbons (Fsp3) is 0.667. The molecule has 0 aliphatic carbocycles. The van der Waals surface area contributed by atoms with Gasteiger partial charge in [-0.25, -0.2) is 4.98 Å². The third kappa shape index (κ3) is 3.30. The highest BCUT2D eigenvalue weighted by Crippen LogP contribution is 2.18. The molecule has 0 bridgehead atoms. The van der Waals surface area contributed by atoms with Gasteiger partial charge in [-0.3, -0.25) is 0 Å². The van der Waals surface area contributed by atoms with Crippen LogP contribution >= 0.6 is 0 Å². The zero-order chi connectivity index (χ0) is 12.1. The van der Waals surface area contributed by atoms with Crippen LogP contribution in [0.4, 0.5) is 5.82 Å². The van der Waals surface area contributed by atoms with Crippen molar-refractivity contribution < 1.29 is 9.47 Å². The standard InChI is InChI=1S/C12H19N3O2/c1-3-5-10-14-11(13-4-2)6-12(15-10)17-9-7-16-8-9/h6,9H,3-5,7-8H2,1-2H3,(H,13,14,15). The van der Waals surface area contributed by atoms with Gasteiger partial charge < -0.3 is 14.8 Å². The lowest BCUT2D eigenvalue weighted by Crippen LogP contribution is -2.38. The minimum Gasteiger partial charge on any atom is -0.469 e. The summed E-state index contributed by atoms with van der Waals surface area (Å²) in [6.07, 6.45) is 2.05. The number of ether oxygens (including phenoxy) is 2. The van der Waals surface area contributed by atoms with Crippen LogP contribution in [-0.4, -0.2) is 35.8 Å². The quantitative estimate of drug-likeness (QED) is 0.815. The molecule has 0 saturated carbocycles. The Labute approximate surface area is 102 Å². The molecule has 0 atom stereocenters. The molecule has 94 valence electrons. The molecule has 1 N–H and O–H groups in total. The summed E-state index contributed by atoms with van der Waals surface area (Å²) in [5.41, 5.74) is 0. The summed E-state index contributed by atoms with van der Waals surface area (Å²) in [4.78, 5) is 8.83. The molecule has 2 rings (SSSR count). The minimum absolute atomic E-state index is 0.147. The van der Waals surface area contributed by atoms with Crippen LogP contribution in [0, 0.1) is 0 Å². The fourth-order valence-electron chi connectivity index (χ4n) is 1.59. The predicted molar refractivity (Wildman–Crippen MR) is 65.4 cm³/mol. The van der Waals surface area contributed by atoms with Crippen LogP contribution < -0.4 is 10.1 Å². The van der Waals surface area contributed by atoms with E-state index in [1.54, 1.807) is 0 Å². The van der Waals surface area contributed by atoms with Crippen molar-refractivity contribution in [2.75, 3.05) is 25.1 Å². The molecule has 1 aromatic rings. The van der Waals surface area contributed by atoms with Crippen LogP contribution in [0.25, 0.3) is 0 Å². The minimum atomic E-state index is 0.147. The molecule has 1 fully saturated rings. The van der Waals surface area contributed by atoms with Crippen molar-refractivity contribution >= 4 is 5.82 Å². The van der Waals surface area contributed by atoms with Crippen molar-refractivity contribution in [3.05, 3.63) is 11.9 Å². The second-order valence-electron chi connectivity index (χ2n) is 4.07. The largest absolute Gasteiger partial charge is 0.469 e. The van der Waals surface area contributed by atoms with E-state index in [4.69, 9.17) is 9.47 Å². The Morgan fingerprint density at radius 3 is 2.82 bits per heavy atom. The van der Waals surface area contributed by atoms with Gasteiger partial charge in [0.2, 0.25) is 5.88 Å². The van der Waals surface area contributed by atoms with Gasteiger partial charge in [0.15, 0.2) is 0 Å². The van der Waals surface area contributed by atoms with Gasteiger partial charge in [-0.05, 0) is 13.3 Å². The molecule has 0 radical (unpaired) electrons. The van der Waals surface area contributed by atoms with Crippen LogP contribution in [0.15, 0.2) is 6.07 Å². The number of anilines is 1. The van der Waals surface area contributed by atoms with Crippen LogP contribution in [0.1, 0.15) is 26.1 Å². The zero-order valence-electron chi connectivity index (χ0n) is 10.4. The molecule has 0 unspecified atom stereocenters. The molecule has 1 aromatic heterocycles. The molecule has 5 heteroatoms. The zero-order valence-corrected chi connectivity index (χ0v) is 10.4. The first kappa shape index (κ1) is 12.1. The summed E-state index contributed by atoms with van der Waals surface area (Å²) in [5.74, 6) is 2.31. The van der Waals surface area contributed by atoms with E-state index >= 15 is 0 Å². The molecular formula is C12H19N3O2. The van der Waals surface area contributed by atoms with Crippen LogP contribution in [0.3, 0.4) is 0 Å². The van der Waals surface area contributed by atoms with Gasteiger partial charge in [0.1, 0.15) is 17.7 Å². The Bertz CT molecular complexity index is 343. The summed E-state index contributed by atoms with van der Waals surface area (Å²) >= 11 is 0. The Morgan fingerprint density at radius 1 is 1.41 bits per heavy atom. The molecule has 1 aliphatic rings. The maximum atomic E-state index is 5.71. The maximum absolute atomic E-state index is 5.71. The first-order valence-corrected chi connectivity index (χ1v) is 6.18. The van der Waals surface area contributed by atoms with Crippen molar-refractivity contribution in [2.24, 2.45) is 0 Å². The second kappa shape index (κ2) is 5.82. The Kier molecular flexibility index (Phi) is 4.14. The third-order valence-corrected chi connectivity index (χ3v) is 2.48. The predicted octanol–water partition coefficient (Wildman–Crippen LogP) is 1.64. The SMILES string of the molecule is CCCc1nc(NCC)cc(OC2COC2)n1. The smallest absolute Gasteiger partial charge is 0.219 e. The molecule has 1 aliphatic heterocycles. The summed E-state index contributed by atoms with van der Waals surface area (Å²) in [5, 5.41) is 3.19. The van der Waals surface area contributed by atoms with Crippen molar-refractivity contribution in [1.82, 2.24) is 9.97 Å². The maximum Gasteiger partial charge on any atom is 0.219 e. The van der Waals surface area contributed by atoms with Gasteiger partial charge in [-0.15, -0.1) is 0 Å². The van der Waals surface area contributed by atoms with E-state index in [-0.39, 0.29) is 6.10 Å². The first-order valence-electron chi connectivity index (χ1n) is 6.18. The third-order valence-electron chi connectivity index (χ3n) is 2.48. The van der Waals surface area contributed by atoms with Gasteiger partial charge in [0, 0.05) is 19.0 Å². The number of nitrogens with one attached hydrogen (secondary N) is 1. The monoisotopic (exact) mass is 237 g/mol. The number of nitrogens with zero attached hydrogens (tertiary/aromatic N) is 2. The lowest BCUT2D eigenvalue weighted by atomic mass is 10.3. The van der Waals surface area contributed by atoms with E-state index in [0.717, 1.165) is 31.0 Å². The van der Waals surface area contributed by atoms with Gasteiger partial charge >= 0.3 is 0 Å². The lowest BCUT2D eigenvalue weighted by molar-refractivity contribution is -0.0814. The average molecular weight is 237 g/mol. The molecule has 17 heavy (non-hydrogen) atoms. The Balaban J connectivity index is 2.10. The molecule has 0 amide bonds. The molecule has 2 heterocycles. The topological polar surface area (TPSA) is 56.3 Å². The average Bonchev–Trinajstić information content (AvgIpc) is 2.24. The lowest BCUT2D eigenvalue weighted by Gasteiger charge is -2.26. The number of hydrogen-bond donors (Lipinski definition) is 1. The fourth-order valence-corrected chi connectivity index (χ4v) is 1.59.